The van der Waals surface area contributed by atoms with Gasteiger partial charge in [0.05, 0.1) is 12.4 Å². The molecule has 1 amide bonds. The highest BCUT2D eigenvalue weighted by Crippen LogP contribution is 2.24. The van der Waals surface area contributed by atoms with Crippen LogP contribution < -0.4 is 15.9 Å². The van der Waals surface area contributed by atoms with Crippen molar-refractivity contribution in [2.24, 2.45) is 0 Å². The van der Waals surface area contributed by atoms with Crippen LogP contribution in [0, 0.1) is 6.92 Å². The first-order valence-corrected chi connectivity index (χ1v) is 9.49. The van der Waals surface area contributed by atoms with E-state index < -0.39 is 0 Å². The predicted molar refractivity (Wildman–Crippen MR) is 107 cm³/mol. The zero-order valence-electron chi connectivity index (χ0n) is 15.2. The van der Waals surface area contributed by atoms with Crippen LogP contribution in [0.4, 0.5) is 5.69 Å². The Bertz CT molecular complexity index is 924. The molecule has 3 N–H and O–H groups in total. The summed E-state index contributed by atoms with van der Waals surface area (Å²) in [4.78, 5) is 12.2. The summed E-state index contributed by atoms with van der Waals surface area (Å²) in [5.41, 5.74) is 2.63. The van der Waals surface area contributed by atoms with Crippen molar-refractivity contribution < 1.29 is 9.53 Å². The lowest BCUT2D eigenvalue weighted by Crippen LogP contribution is -2.16. The number of benzene rings is 2. The molecule has 0 bridgehead atoms. The number of hydrogen-bond donors (Lipinski definition) is 2. The molecule has 0 spiro atoms. The third-order valence-corrected chi connectivity index (χ3v) is 4.78. The first-order chi connectivity index (χ1) is 13.1. The smallest absolute Gasteiger partial charge is 0.234 e. The maximum Gasteiger partial charge on any atom is 0.234 e. The van der Waals surface area contributed by atoms with Crippen molar-refractivity contribution in [3.63, 3.8) is 0 Å². The Balaban J connectivity index is 1.63. The number of thioether (sulfide) groups is 1. The minimum absolute atomic E-state index is 0.125. The summed E-state index contributed by atoms with van der Waals surface area (Å²) >= 11 is 1.23. The van der Waals surface area contributed by atoms with Crippen molar-refractivity contribution >= 4 is 23.4 Å². The number of anilines is 1. The van der Waals surface area contributed by atoms with Crippen LogP contribution in [-0.2, 0) is 4.79 Å². The topological polar surface area (TPSA) is 95.1 Å². The van der Waals surface area contributed by atoms with Gasteiger partial charge in [-0.25, -0.2) is 4.68 Å². The Morgan fingerprint density at radius 1 is 1.19 bits per heavy atom. The lowest BCUT2D eigenvalue weighted by atomic mass is 10.2. The number of nitrogens with two attached hydrogens (primary N) is 1. The molecule has 140 valence electrons. The number of para-hydroxylation sites is 1. The number of ether oxygens (including phenoxy) is 1. The van der Waals surface area contributed by atoms with Crippen molar-refractivity contribution in [2.75, 3.05) is 23.5 Å². The molecule has 1 aromatic heterocycles. The number of hydrogen-bond acceptors (Lipinski definition) is 6. The number of carbonyl (C=O) groups excluding carboxylic acids is 1. The van der Waals surface area contributed by atoms with Crippen LogP contribution in [0.15, 0.2) is 53.7 Å². The van der Waals surface area contributed by atoms with Crippen molar-refractivity contribution in [2.45, 2.75) is 19.0 Å². The number of nitrogen functional groups attached to an aromatic ring is 1. The first-order valence-electron chi connectivity index (χ1n) is 8.50. The standard InChI is InChI=1S/C19H21N5O2S/c1-3-26-15-10-8-14(9-11-15)18-22-23-19(24(18)20)27-12-17(25)21-16-7-5-4-6-13(16)2/h4-11H,3,12,20H2,1-2H3,(H,21,25). The van der Waals surface area contributed by atoms with Gasteiger partial charge in [-0.2, -0.15) is 0 Å². The molecule has 2 aromatic carbocycles. The summed E-state index contributed by atoms with van der Waals surface area (Å²) in [5.74, 6) is 7.48. The van der Waals surface area contributed by atoms with Gasteiger partial charge in [0, 0.05) is 11.3 Å². The van der Waals surface area contributed by atoms with Crippen LogP contribution in [0.1, 0.15) is 12.5 Å². The Hall–Kier alpha value is -3.00. The largest absolute Gasteiger partial charge is 0.494 e. The number of aromatic nitrogens is 3. The number of aryl methyl sites for hydroxylation is 1. The Labute approximate surface area is 161 Å². The van der Waals surface area contributed by atoms with E-state index in [1.807, 2.05) is 62.4 Å². The zero-order valence-corrected chi connectivity index (χ0v) is 16.0. The highest BCUT2D eigenvalue weighted by Gasteiger charge is 2.14. The van der Waals surface area contributed by atoms with Gasteiger partial charge in [-0.3, -0.25) is 4.79 Å². The number of rotatable bonds is 7. The van der Waals surface area contributed by atoms with Crippen molar-refractivity contribution in [1.82, 2.24) is 14.9 Å². The maximum atomic E-state index is 12.2. The van der Waals surface area contributed by atoms with E-state index in [1.165, 1.54) is 16.4 Å². The quantitative estimate of drug-likeness (QED) is 0.481. The van der Waals surface area contributed by atoms with E-state index in [4.69, 9.17) is 10.6 Å². The molecule has 0 aliphatic rings. The summed E-state index contributed by atoms with van der Waals surface area (Å²) in [7, 11) is 0. The zero-order chi connectivity index (χ0) is 19.2. The molecule has 1 heterocycles. The molecule has 7 nitrogen and oxygen atoms in total. The summed E-state index contributed by atoms with van der Waals surface area (Å²) in [6.45, 7) is 4.49. The fourth-order valence-electron chi connectivity index (χ4n) is 2.47. The lowest BCUT2D eigenvalue weighted by molar-refractivity contribution is -0.113. The van der Waals surface area contributed by atoms with Crippen LogP contribution in [0.5, 0.6) is 5.75 Å². The van der Waals surface area contributed by atoms with Gasteiger partial charge < -0.3 is 15.9 Å². The normalized spacial score (nSPS) is 10.6. The minimum Gasteiger partial charge on any atom is -0.494 e. The highest BCUT2D eigenvalue weighted by molar-refractivity contribution is 7.99. The molecule has 0 radical (unpaired) electrons. The van der Waals surface area contributed by atoms with E-state index >= 15 is 0 Å². The fourth-order valence-corrected chi connectivity index (χ4v) is 3.13. The number of carbonyl (C=O) groups is 1. The van der Waals surface area contributed by atoms with E-state index in [0.717, 1.165) is 22.6 Å². The molecule has 3 rings (SSSR count). The Morgan fingerprint density at radius 2 is 1.93 bits per heavy atom. The summed E-state index contributed by atoms with van der Waals surface area (Å²) in [5, 5.41) is 11.6. The van der Waals surface area contributed by atoms with Crippen molar-refractivity contribution in [3.8, 4) is 17.1 Å². The molecule has 0 aliphatic heterocycles. The summed E-state index contributed by atoms with van der Waals surface area (Å²) in [6, 6.07) is 15.1. The molecular weight excluding hydrogens is 362 g/mol. The van der Waals surface area contributed by atoms with Crippen molar-refractivity contribution in [3.05, 3.63) is 54.1 Å². The monoisotopic (exact) mass is 383 g/mol. The first kappa shape index (κ1) is 18.8. The highest BCUT2D eigenvalue weighted by atomic mass is 32.2. The van der Waals surface area contributed by atoms with Crippen molar-refractivity contribution in [1.29, 1.82) is 0 Å². The van der Waals surface area contributed by atoms with Crippen LogP contribution in [0.2, 0.25) is 0 Å². The molecule has 27 heavy (non-hydrogen) atoms. The average Bonchev–Trinajstić information content (AvgIpc) is 3.03. The fraction of sp³-hybridized carbons (Fsp3) is 0.211. The second-order valence-corrected chi connectivity index (χ2v) is 6.73. The van der Waals surface area contributed by atoms with Crippen LogP contribution >= 0.6 is 11.8 Å². The van der Waals surface area contributed by atoms with E-state index in [0.29, 0.717) is 17.6 Å². The van der Waals surface area contributed by atoms with Gasteiger partial charge in [0.15, 0.2) is 5.82 Å². The van der Waals surface area contributed by atoms with E-state index in [2.05, 4.69) is 15.5 Å². The number of amides is 1. The molecule has 8 heteroatoms. The van der Waals surface area contributed by atoms with Crippen LogP contribution in [0.25, 0.3) is 11.4 Å². The van der Waals surface area contributed by atoms with Gasteiger partial charge >= 0.3 is 0 Å². The third kappa shape index (κ3) is 4.59. The molecule has 0 aliphatic carbocycles. The average molecular weight is 383 g/mol. The van der Waals surface area contributed by atoms with Gasteiger partial charge in [-0.05, 0) is 49.7 Å². The molecule has 0 unspecified atom stereocenters. The van der Waals surface area contributed by atoms with Gasteiger partial charge in [0.2, 0.25) is 11.1 Å². The lowest BCUT2D eigenvalue weighted by Gasteiger charge is -2.08. The van der Waals surface area contributed by atoms with E-state index in [-0.39, 0.29) is 11.7 Å². The Morgan fingerprint density at radius 3 is 2.63 bits per heavy atom. The Kier molecular flexibility index (Phi) is 5.97. The molecular formula is C19H21N5O2S. The second-order valence-electron chi connectivity index (χ2n) is 5.79. The SMILES string of the molecule is CCOc1ccc(-c2nnc(SCC(=O)Nc3ccccc3C)n2N)cc1. The molecule has 0 fully saturated rings. The molecule has 0 atom stereocenters. The van der Waals surface area contributed by atoms with Gasteiger partial charge in [0.25, 0.3) is 0 Å². The summed E-state index contributed by atoms with van der Waals surface area (Å²) in [6.07, 6.45) is 0. The minimum atomic E-state index is -0.125. The van der Waals surface area contributed by atoms with Gasteiger partial charge in [0.1, 0.15) is 5.75 Å². The molecule has 0 saturated heterocycles. The molecule has 0 saturated carbocycles. The van der Waals surface area contributed by atoms with Gasteiger partial charge in [-0.1, -0.05) is 30.0 Å². The van der Waals surface area contributed by atoms with Crippen LogP contribution in [-0.4, -0.2) is 33.1 Å². The predicted octanol–water partition coefficient (Wildman–Crippen LogP) is 3.10. The summed E-state index contributed by atoms with van der Waals surface area (Å²) < 4.78 is 6.82. The van der Waals surface area contributed by atoms with Crippen LogP contribution in [0.3, 0.4) is 0 Å². The second kappa shape index (κ2) is 8.59. The number of nitrogens with zero attached hydrogens (tertiary/aromatic N) is 3. The number of nitrogens with one attached hydrogen (secondary N) is 1. The van der Waals surface area contributed by atoms with E-state index in [9.17, 15) is 4.79 Å². The van der Waals surface area contributed by atoms with Gasteiger partial charge in [-0.15, -0.1) is 10.2 Å². The molecule has 3 aromatic rings. The van der Waals surface area contributed by atoms with E-state index in [1.54, 1.807) is 0 Å². The maximum absolute atomic E-state index is 12.2. The third-order valence-electron chi connectivity index (χ3n) is 3.84.